The number of aromatic nitrogens is 3. The molecule has 5 aromatic rings. The molecular weight excluding hydrogens is 781 g/mol. The van der Waals surface area contributed by atoms with E-state index in [0.29, 0.717) is 41.6 Å². The van der Waals surface area contributed by atoms with Crippen LogP contribution in [0.3, 0.4) is 0 Å². The summed E-state index contributed by atoms with van der Waals surface area (Å²) in [5.41, 5.74) is 8.23. The number of nitrogen functional groups attached to an aromatic ring is 2. The zero-order valence-electron chi connectivity index (χ0n) is 29.7. The van der Waals surface area contributed by atoms with Crippen molar-refractivity contribution in [3.8, 4) is 29.0 Å². The summed E-state index contributed by atoms with van der Waals surface area (Å²) in [4.78, 5) is 12.9. The number of hydrogen-bond acceptors (Lipinski definition) is 11. The number of hydrogen-bond donors (Lipinski definition) is 2. The highest BCUT2D eigenvalue weighted by Crippen LogP contribution is 3.04. The molecule has 10 nitrogen and oxygen atoms in total. The van der Waals surface area contributed by atoms with Crippen molar-refractivity contribution in [2.24, 2.45) is 0 Å². The molecule has 0 saturated carbocycles. The molecule has 4 N–H and O–H groups in total. The van der Waals surface area contributed by atoms with Gasteiger partial charge < -0.3 is 25.8 Å². The van der Waals surface area contributed by atoms with Crippen molar-refractivity contribution in [3.05, 3.63) is 53.2 Å². The minimum atomic E-state index is -10.9. The van der Waals surface area contributed by atoms with E-state index in [2.05, 4.69) is 19.9 Å². The number of ether oxygens (including phenoxy) is 2. The number of alkyl halides is 1. The first-order chi connectivity index (χ1) is 25.9. The van der Waals surface area contributed by atoms with E-state index in [9.17, 15) is 14.0 Å². The molecule has 2 fully saturated rings. The fourth-order valence-corrected chi connectivity index (χ4v) is 9.20. The lowest BCUT2D eigenvalue weighted by Gasteiger charge is -2.42. The number of thiophene rings is 1. The molecule has 0 radical (unpaired) electrons. The molecule has 296 valence electrons. The zero-order chi connectivity index (χ0) is 40.1. The number of pyridine rings is 1. The molecule has 2 unspecified atom stereocenters. The Labute approximate surface area is 314 Å². The van der Waals surface area contributed by atoms with E-state index in [4.69, 9.17) is 20.9 Å². The summed E-state index contributed by atoms with van der Waals surface area (Å²) in [5, 5.41) is 7.98. The number of nitrogens with two attached hydrogens (primary N) is 2. The van der Waals surface area contributed by atoms with Crippen molar-refractivity contribution in [2.75, 3.05) is 49.7 Å². The summed E-state index contributed by atoms with van der Waals surface area (Å²) in [5.74, 6) is -4.63. The summed E-state index contributed by atoms with van der Waals surface area (Å²) in [6.07, 6.45) is 4.22. The van der Waals surface area contributed by atoms with Crippen LogP contribution >= 0.6 is 21.6 Å². The maximum Gasteiger partial charge on any atom is 0.318 e. The van der Waals surface area contributed by atoms with Gasteiger partial charge in [0.2, 0.25) is 0 Å². The first-order valence-corrected chi connectivity index (χ1v) is 19.9. The number of halogens is 8. The van der Waals surface area contributed by atoms with E-state index in [-0.39, 0.29) is 23.9 Å². The lowest BCUT2D eigenvalue weighted by Crippen LogP contribution is -2.28. The molecule has 8 rings (SSSR count). The predicted molar refractivity (Wildman–Crippen MR) is 198 cm³/mol. The van der Waals surface area contributed by atoms with Gasteiger partial charge in [-0.3, -0.25) is 4.90 Å². The number of fused-ring (bicyclic) bond motifs is 2. The van der Waals surface area contributed by atoms with E-state index in [1.54, 1.807) is 18.2 Å². The third-order valence-electron chi connectivity index (χ3n) is 9.38. The van der Waals surface area contributed by atoms with E-state index < -0.39 is 94.8 Å². The normalized spacial score (nSPS) is 19.2. The Morgan fingerprint density at radius 3 is 2.47 bits per heavy atom. The third kappa shape index (κ3) is 7.44. The van der Waals surface area contributed by atoms with E-state index in [1.807, 2.05) is 13.8 Å². The van der Waals surface area contributed by atoms with Gasteiger partial charge in [-0.25, -0.2) is 18.2 Å². The van der Waals surface area contributed by atoms with Gasteiger partial charge in [-0.1, -0.05) is 45.4 Å². The first kappa shape index (κ1) is 39.8. The molecule has 0 amide bonds. The van der Waals surface area contributed by atoms with Gasteiger partial charge in [0.05, 0.1) is 29.3 Å². The van der Waals surface area contributed by atoms with Crippen molar-refractivity contribution < 1.29 is 42.1 Å². The average molecular weight is 817 g/mol. The molecule has 55 heavy (non-hydrogen) atoms. The van der Waals surface area contributed by atoms with Crippen LogP contribution in [0.25, 0.3) is 32.1 Å². The number of anilines is 3. The first-order valence-electron chi connectivity index (χ1n) is 17.1. The molecule has 20 heteroatoms. The molecule has 3 aliphatic heterocycles. The lowest BCUT2D eigenvalue weighted by molar-refractivity contribution is 0.292. The van der Waals surface area contributed by atoms with Crippen molar-refractivity contribution in [3.63, 3.8) is 0 Å². The largest absolute Gasteiger partial charge is 0.489 e. The van der Waals surface area contributed by atoms with Crippen molar-refractivity contribution in [2.45, 2.75) is 56.8 Å². The molecular formula is C35H36F8N8O2S2. The van der Waals surface area contributed by atoms with Crippen molar-refractivity contribution in [1.82, 2.24) is 19.9 Å². The Morgan fingerprint density at radius 2 is 1.82 bits per heavy atom. The summed E-state index contributed by atoms with van der Waals surface area (Å²) >= 11 is 0.495. The van der Waals surface area contributed by atoms with Gasteiger partial charge in [0.1, 0.15) is 46.8 Å². The highest BCUT2D eigenvalue weighted by molar-refractivity contribution is 8.46. The van der Waals surface area contributed by atoms with Gasteiger partial charge in [0.15, 0.2) is 16.5 Å². The number of nitriles is 1. The van der Waals surface area contributed by atoms with Crippen LogP contribution in [-0.4, -0.2) is 65.4 Å². The van der Waals surface area contributed by atoms with E-state index in [1.165, 1.54) is 23.9 Å². The van der Waals surface area contributed by atoms with Gasteiger partial charge in [-0.15, -0.1) is 11.3 Å². The lowest BCUT2D eigenvalue weighted by atomic mass is 9.96. The highest BCUT2D eigenvalue weighted by Gasteiger charge is 2.69. The van der Waals surface area contributed by atoms with Crippen molar-refractivity contribution >= 4 is 59.2 Å². The molecule has 0 aliphatic carbocycles. The molecule has 0 bridgehead atoms. The van der Waals surface area contributed by atoms with Crippen LogP contribution in [0.4, 0.5) is 49.2 Å². The van der Waals surface area contributed by atoms with Crippen molar-refractivity contribution in [1.29, 1.82) is 5.26 Å². The molecule has 3 aromatic heterocycles. The molecule has 2 saturated heterocycles. The average Bonchev–Trinajstić information content (AvgIpc) is 3.78. The minimum absolute atomic E-state index is 0.0769. The van der Waals surface area contributed by atoms with E-state index in [0.717, 1.165) is 20.1 Å². The highest BCUT2D eigenvalue weighted by atomic mass is 32.5. The van der Waals surface area contributed by atoms with Gasteiger partial charge in [-0.05, 0) is 43.5 Å². The minimum Gasteiger partial charge on any atom is -0.489 e. The molecule has 0 spiro atoms. The van der Waals surface area contributed by atoms with Crippen LogP contribution < -0.4 is 25.8 Å². The molecule has 2 aromatic carbocycles. The Morgan fingerprint density at radius 1 is 1.07 bits per heavy atom. The number of nitrogens with zero attached hydrogens (tertiary/aromatic N) is 6. The fraction of sp³-hybridized carbons (Fsp3) is 0.371. The zero-order valence-corrected chi connectivity index (χ0v) is 31.3. The smallest absolute Gasteiger partial charge is 0.318 e. The van der Waals surface area contributed by atoms with Crippen LogP contribution in [0.2, 0.25) is 0 Å². The second kappa shape index (κ2) is 14.0. The summed E-state index contributed by atoms with van der Waals surface area (Å²) < 4.78 is 130. The number of methoxy groups -OCH3 is 1. The summed E-state index contributed by atoms with van der Waals surface area (Å²) in [6.45, 7) is 4.92. The third-order valence-corrected chi connectivity index (χ3v) is 11.6. The number of rotatable bonds is 5. The second-order valence-electron chi connectivity index (χ2n) is 12.8. The maximum absolute atomic E-state index is 16.7. The van der Waals surface area contributed by atoms with Gasteiger partial charge in [0, 0.05) is 41.8 Å². The second-order valence-corrected chi connectivity index (χ2v) is 16.2. The van der Waals surface area contributed by atoms with Crippen LogP contribution in [0.15, 0.2) is 35.4 Å². The molecule has 6 heterocycles. The SMILES string of the molecule is CC.COc1nc2c3c(c(S(F)(F)(F)(F)F)c(-c4ccc(F)c5sc(N)c(C#N)c45)c(F)c3n1)OCCN2Cc1cccnc1N.FC1CC2CCCN2C1. The van der Waals surface area contributed by atoms with E-state index >= 15 is 23.8 Å². The standard InChI is InChI=1S/C26H18F7N7O2S2.C7H12FN.C2H6/c1-41-26-38-19-17-20(42-8-7-40(25(17)39-26)10-11-3-2-6-37-23(11)35)22(44(29,30,31,32)33)16(18(19)28)12-4-5-14(27)21-15(12)13(9-34)24(36)43-21;8-6-4-7-2-1-3-9(7)5-6;1-2/h2-6H,7-8,10,36H2,1H3,(H2,35,37);6-7H,1-5H2;1-2H3. The molecule has 3 aliphatic rings. The van der Waals surface area contributed by atoms with Gasteiger partial charge in [-0.2, -0.15) is 15.2 Å². The maximum atomic E-state index is 16.7. The number of benzene rings is 2. The van der Waals surface area contributed by atoms with Crippen LogP contribution in [0.5, 0.6) is 11.8 Å². The quantitative estimate of drug-likeness (QED) is 0.165. The fourth-order valence-electron chi connectivity index (χ4n) is 7.15. The predicted octanol–water partition coefficient (Wildman–Crippen LogP) is 9.50. The Hall–Kier alpha value is -4.87. The van der Waals surface area contributed by atoms with Crippen LogP contribution in [0, 0.1) is 23.0 Å². The van der Waals surface area contributed by atoms with Crippen LogP contribution in [-0.2, 0) is 6.54 Å². The summed E-state index contributed by atoms with van der Waals surface area (Å²) in [6, 6.07) is 6.21. The van der Waals surface area contributed by atoms with Gasteiger partial charge >= 0.3 is 16.2 Å². The molecule has 2 atom stereocenters. The Kier molecular flexibility index (Phi) is 10.1. The monoisotopic (exact) mass is 816 g/mol. The topological polar surface area (TPSA) is 139 Å². The summed E-state index contributed by atoms with van der Waals surface area (Å²) in [7, 11) is -9.78. The Bertz CT molecular complexity index is 2330. The van der Waals surface area contributed by atoms with Gasteiger partial charge in [0.25, 0.3) is 0 Å². The van der Waals surface area contributed by atoms with Crippen LogP contribution in [0.1, 0.15) is 44.2 Å². The Balaban J connectivity index is 0.000000402.